The van der Waals surface area contributed by atoms with Crippen LogP contribution in [-0.2, 0) is 0 Å². The van der Waals surface area contributed by atoms with Gasteiger partial charge >= 0.3 is 0 Å². The van der Waals surface area contributed by atoms with Crippen LogP contribution in [0.1, 0.15) is 0 Å². The largest absolute Gasteiger partial charge is 0.355 e. The quantitative estimate of drug-likeness (QED) is 0.801. The van der Waals surface area contributed by atoms with Crippen LogP contribution < -0.4 is 5.32 Å². The summed E-state index contributed by atoms with van der Waals surface area (Å²) in [4.78, 5) is 0. The molecule has 0 heterocycles. The van der Waals surface area contributed by atoms with Gasteiger partial charge in [0.25, 0.3) is 0 Å². The first-order valence-corrected chi connectivity index (χ1v) is 5.51. The number of benzene rings is 2. The molecule has 0 amide bonds. The van der Waals surface area contributed by atoms with Gasteiger partial charge in [0.1, 0.15) is 0 Å². The van der Waals surface area contributed by atoms with Crippen LogP contribution >= 0.6 is 35.0 Å². The van der Waals surface area contributed by atoms with E-state index in [4.69, 9.17) is 0 Å². The second kappa shape index (κ2) is 5.98. The van der Waals surface area contributed by atoms with Crippen LogP contribution in [0.2, 0.25) is 0 Å². The van der Waals surface area contributed by atoms with Crippen LogP contribution in [0, 0.1) is 3.57 Å². The highest BCUT2D eigenvalue weighted by molar-refractivity contribution is 14.1. The molecule has 0 saturated carbocycles. The van der Waals surface area contributed by atoms with Crippen molar-refractivity contribution in [3.05, 3.63) is 58.2 Å². The van der Waals surface area contributed by atoms with Gasteiger partial charge in [-0.05, 0) is 46.9 Å². The molecule has 2 aromatic rings. The Morgan fingerprint density at radius 1 is 0.800 bits per heavy atom. The van der Waals surface area contributed by atoms with Crippen molar-refractivity contribution in [2.24, 2.45) is 0 Å². The maximum atomic E-state index is 3.36. The highest BCUT2D eigenvalue weighted by Gasteiger charge is 1.96. The molecule has 0 aromatic heterocycles. The van der Waals surface area contributed by atoms with Gasteiger partial charge in [0.2, 0.25) is 0 Å². The van der Waals surface area contributed by atoms with E-state index in [1.54, 1.807) is 0 Å². The molecule has 2 aromatic carbocycles. The van der Waals surface area contributed by atoms with E-state index in [0.29, 0.717) is 0 Å². The van der Waals surface area contributed by atoms with E-state index in [1.165, 1.54) is 3.57 Å². The zero-order valence-electron chi connectivity index (χ0n) is 7.98. The van der Waals surface area contributed by atoms with Crippen molar-refractivity contribution >= 4 is 46.4 Å². The fraction of sp³-hybridized carbons (Fsp3) is 0. The summed E-state index contributed by atoms with van der Waals surface area (Å²) < 4.78 is 1.23. The van der Waals surface area contributed by atoms with Crippen molar-refractivity contribution in [2.45, 2.75) is 0 Å². The third-order valence-electron chi connectivity index (χ3n) is 1.93. The van der Waals surface area contributed by atoms with E-state index >= 15 is 0 Å². The van der Waals surface area contributed by atoms with E-state index in [2.05, 4.69) is 52.2 Å². The molecule has 0 radical (unpaired) electrons. The molecular formula is C12H11ClIN. The van der Waals surface area contributed by atoms with Crippen LogP contribution in [0.3, 0.4) is 0 Å². The molecule has 0 bridgehead atoms. The first kappa shape index (κ1) is 12.3. The number of rotatable bonds is 2. The van der Waals surface area contributed by atoms with Crippen molar-refractivity contribution in [1.82, 2.24) is 0 Å². The maximum Gasteiger partial charge on any atom is 0.0519 e. The van der Waals surface area contributed by atoms with Crippen molar-refractivity contribution in [1.29, 1.82) is 0 Å². The minimum absolute atomic E-state index is 0. The number of anilines is 2. The first-order chi connectivity index (χ1) is 6.86. The molecule has 1 N–H and O–H groups in total. The fourth-order valence-electron chi connectivity index (χ4n) is 1.24. The van der Waals surface area contributed by atoms with Crippen LogP contribution in [0.15, 0.2) is 54.6 Å². The van der Waals surface area contributed by atoms with Gasteiger partial charge in [0, 0.05) is 9.26 Å². The number of hydrogen-bond donors (Lipinski definition) is 1. The van der Waals surface area contributed by atoms with Crippen molar-refractivity contribution in [3.63, 3.8) is 0 Å². The Labute approximate surface area is 109 Å². The van der Waals surface area contributed by atoms with Crippen molar-refractivity contribution < 1.29 is 0 Å². The van der Waals surface area contributed by atoms with Gasteiger partial charge in [-0.3, -0.25) is 0 Å². The average molecular weight is 332 g/mol. The zero-order chi connectivity index (χ0) is 9.80. The zero-order valence-corrected chi connectivity index (χ0v) is 11.0. The van der Waals surface area contributed by atoms with E-state index in [9.17, 15) is 0 Å². The number of nitrogens with one attached hydrogen (secondary N) is 1. The third-order valence-corrected chi connectivity index (χ3v) is 2.87. The van der Waals surface area contributed by atoms with Gasteiger partial charge in [0.05, 0.1) is 5.69 Å². The number of para-hydroxylation sites is 2. The molecule has 0 saturated heterocycles. The van der Waals surface area contributed by atoms with Crippen LogP contribution in [0.4, 0.5) is 11.4 Å². The topological polar surface area (TPSA) is 12.0 Å². The monoisotopic (exact) mass is 331 g/mol. The van der Waals surface area contributed by atoms with E-state index in [1.807, 2.05) is 30.3 Å². The van der Waals surface area contributed by atoms with E-state index in [0.717, 1.165) is 11.4 Å². The lowest BCUT2D eigenvalue weighted by molar-refractivity contribution is 1.52. The van der Waals surface area contributed by atoms with Crippen LogP contribution in [0.25, 0.3) is 0 Å². The third kappa shape index (κ3) is 3.39. The molecule has 2 rings (SSSR count). The molecule has 0 atom stereocenters. The fourth-order valence-corrected chi connectivity index (χ4v) is 1.76. The standard InChI is InChI=1S/C12H10IN.ClH/c13-11-8-4-5-9-12(11)14-10-6-2-1-3-7-10;/h1-9,14H;1H. The predicted molar refractivity (Wildman–Crippen MR) is 76.1 cm³/mol. The molecule has 3 heteroatoms. The highest BCUT2D eigenvalue weighted by Crippen LogP contribution is 2.21. The summed E-state index contributed by atoms with van der Waals surface area (Å²) in [6.45, 7) is 0. The molecule has 0 spiro atoms. The van der Waals surface area contributed by atoms with Gasteiger partial charge in [0.15, 0.2) is 0 Å². The van der Waals surface area contributed by atoms with Gasteiger partial charge in [-0.1, -0.05) is 30.3 Å². The Morgan fingerprint density at radius 3 is 2.07 bits per heavy atom. The Hall–Kier alpha value is -0.740. The smallest absolute Gasteiger partial charge is 0.0519 e. The van der Waals surface area contributed by atoms with Crippen LogP contribution in [-0.4, -0.2) is 0 Å². The Kier molecular flexibility index (Phi) is 4.91. The predicted octanol–water partition coefficient (Wildman–Crippen LogP) is 4.46. The summed E-state index contributed by atoms with van der Waals surface area (Å²) in [6.07, 6.45) is 0. The summed E-state index contributed by atoms with van der Waals surface area (Å²) in [5, 5.41) is 3.36. The SMILES string of the molecule is Cl.Ic1ccccc1Nc1ccccc1. The molecule has 15 heavy (non-hydrogen) atoms. The van der Waals surface area contributed by atoms with Gasteiger partial charge in [-0.2, -0.15) is 0 Å². The molecule has 0 fully saturated rings. The molecule has 0 aliphatic heterocycles. The maximum absolute atomic E-state index is 3.36. The molecule has 1 nitrogen and oxygen atoms in total. The molecule has 0 unspecified atom stereocenters. The van der Waals surface area contributed by atoms with Crippen molar-refractivity contribution in [2.75, 3.05) is 5.32 Å². The molecule has 78 valence electrons. The second-order valence-electron chi connectivity index (χ2n) is 2.97. The summed E-state index contributed by atoms with van der Waals surface area (Å²) in [6, 6.07) is 18.4. The van der Waals surface area contributed by atoms with Crippen LogP contribution in [0.5, 0.6) is 0 Å². The summed E-state index contributed by atoms with van der Waals surface area (Å²) >= 11 is 2.32. The lowest BCUT2D eigenvalue weighted by Crippen LogP contribution is -1.91. The Balaban J connectivity index is 0.00000112. The second-order valence-corrected chi connectivity index (χ2v) is 4.13. The Morgan fingerprint density at radius 2 is 1.40 bits per heavy atom. The van der Waals surface area contributed by atoms with E-state index < -0.39 is 0 Å². The van der Waals surface area contributed by atoms with Gasteiger partial charge < -0.3 is 5.32 Å². The molecular weight excluding hydrogens is 320 g/mol. The number of hydrogen-bond acceptors (Lipinski definition) is 1. The molecule has 0 aliphatic carbocycles. The minimum atomic E-state index is 0. The number of halogens is 2. The lowest BCUT2D eigenvalue weighted by Gasteiger charge is -2.07. The molecule has 0 aliphatic rings. The summed E-state index contributed by atoms with van der Waals surface area (Å²) in [5.41, 5.74) is 2.27. The highest BCUT2D eigenvalue weighted by atomic mass is 127. The van der Waals surface area contributed by atoms with Gasteiger partial charge in [-0.15, -0.1) is 12.4 Å². The lowest BCUT2D eigenvalue weighted by atomic mass is 10.3. The summed E-state index contributed by atoms with van der Waals surface area (Å²) in [7, 11) is 0. The first-order valence-electron chi connectivity index (χ1n) is 4.43. The summed E-state index contributed by atoms with van der Waals surface area (Å²) in [5.74, 6) is 0. The van der Waals surface area contributed by atoms with E-state index in [-0.39, 0.29) is 12.4 Å². The van der Waals surface area contributed by atoms with Gasteiger partial charge in [-0.25, -0.2) is 0 Å². The Bertz CT molecular complexity index is 417. The average Bonchev–Trinajstić information content (AvgIpc) is 2.23. The minimum Gasteiger partial charge on any atom is -0.355 e. The van der Waals surface area contributed by atoms with Crippen molar-refractivity contribution in [3.8, 4) is 0 Å². The normalized spacial score (nSPS) is 9.13.